The number of piperazine rings is 1. The lowest BCUT2D eigenvalue weighted by atomic mass is 9.89. The Balaban J connectivity index is 1.53. The number of amides is 1. The highest BCUT2D eigenvalue weighted by Gasteiger charge is 2.25. The van der Waals surface area contributed by atoms with Crippen molar-refractivity contribution in [3.05, 3.63) is 33.7 Å². The molecule has 2 heterocycles. The van der Waals surface area contributed by atoms with E-state index in [1.54, 1.807) is 12.1 Å². The molecule has 5 nitrogen and oxygen atoms in total. The van der Waals surface area contributed by atoms with Gasteiger partial charge in [-0.05, 0) is 37.8 Å². The molecule has 2 fully saturated rings. The molecular formula is C18H27N3O2. The third-order valence-electron chi connectivity index (χ3n) is 5.19. The van der Waals surface area contributed by atoms with E-state index >= 15 is 0 Å². The predicted octanol–water partition coefficient (Wildman–Crippen LogP) is 2.02. The highest BCUT2D eigenvalue weighted by Crippen LogP contribution is 2.24. The second-order valence-electron chi connectivity index (χ2n) is 6.98. The van der Waals surface area contributed by atoms with Crippen molar-refractivity contribution in [2.45, 2.75) is 39.0 Å². The van der Waals surface area contributed by atoms with E-state index in [9.17, 15) is 9.59 Å². The molecule has 1 aromatic rings. The molecule has 1 aliphatic carbocycles. The Bertz CT molecular complexity index is 597. The zero-order chi connectivity index (χ0) is 16.2. The molecule has 1 saturated heterocycles. The first kappa shape index (κ1) is 16.2. The molecule has 0 radical (unpaired) electrons. The van der Waals surface area contributed by atoms with E-state index in [1.165, 1.54) is 38.6 Å². The van der Waals surface area contributed by atoms with Crippen molar-refractivity contribution in [1.29, 1.82) is 0 Å². The van der Waals surface area contributed by atoms with E-state index in [-0.39, 0.29) is 17.0 Å². The number of nitrogens with one attached hydrogen (secondary N) is 1. The number of nitrogens with zero attached hydrogens (tertiary/aromatic N) is 2. The molecule has 5 heteroatoms. The lowest BCUT2D eigenvalue weighted by Crippen LogP contribution is -2.50. The summed E-state index contributed by atoms with van der Waals surface area (Å²) in [4.78, 5) is 31.5. The Morgan fingerprint density at radius 2 is 1.83 bits per heavy atom. The molecule has 0 bridgehead atoms. The first-order valence-corrected chi connectivity index (χ1v) is 8.85. The van der Waals surface area contributed by atoms with Crippen LogP contribution in [0.5, 0.6) is 0 Å². The Hall–Kier alpha value is -1.62. The predicted molar refractivity (Wildman–Crippen MR) is 90.7 cm³/mol. The van der Waals surface area contributed by atoms with Gasteiger partial charge in [-0.25, -0.2) is 0 Å². The highest BCUT2D eigenvalue weighted by atomic mass is 16.2. The molecule has 3 rings (SSSR count). The van der Waals surface area contributed by atoms with Gasteiger partial charge in [0.1, 0.15) is 5.56 Å². The third kappa shape index (κ3) is 4.02. The molecule has 126 valence electrons. The van der Waals surface area contributed by atoms with Gasteiger partial charge in [-0.1, -0.05) is 19.3 Å². The maximum Gasteiger partial charge on any atom is 0.260 e. The number of aromatic amines is 1. The number of carbonyl (C=O) groups excluding carboxylic acids is 1. The molecule has 0 unspecified atom stereocenters. The minimum Gasteiger partial charge on any atom is -0.336 e. The second kappa shape index (κ2) is 7.30. The summed E-state index contributed by atoms with van der Waals surface area (Å²) in [5.41, 5.74) is 0.764. The van der Waals surface area contributed by atoms with Crippen molar-refractivity contribution < 1.29 is 4.79 Å². The number of carbonyl (C=O) groups is 1. The summed E-state index contributed by atoms with van der Waals surface area (Å²) >= 11 is 0. The SMILES string of the molecule is Cc1ccc(C(=O)N2CCN(CC3CCCCC3)CC2)c(=O)[nH]1. The average Bonchev–Trinajstić information content (AvgIpc) is 2.56. The van der Waals surface area contributed by atoms with Gasteiger partial charge < -0.3 is 9.88 Å². The van der Waals surface area contributed by atoms with Gasteiger partial charge in [0.15, 0.2) is 0 Å². The first-order chi connectivity index (χ1) is 11.1. The maximum atomic E-state index is 12.5. The summed E-state index contributed by atoms with van der Waals surface area (Å²) in [6.07, 6.45) is 6.86. The maximum absolute atomic E-state index is 12.5. The van der Waals surface area contributed by atoms with Gasteiger partial charge in [-0.2, -0.15) is 0 Å². The fourth-order valence-electron chi connectivity index (χ4n) is 3.78. The number of H-pyrrole nitrogens is 1. The number of pyridine rings is 1. The van der Waals surface area contributed by atoms with Crippen molar-refractivity contribution in [3.8, 4) is 0 Å². The monoisotopic (exact) mass is 317 g/mol. The normalized spacial score (nSPS) is 20.7. The highest BCUT2D eigenvalue weighted by molar-refractivity contribution is 5.93. The molecule has 1 amide bonds. The number of hydrogen-bond donors (Lipinski definition) is 1. The molecule has 0 atom stereocenters. The zero-order valence-corrected chi connectivity index (χ0v) is 14.0. The fourth-order valence-corrected chi connectivity index (χ4v) is 3.78. The van der Waals surface area contributed by atoms with E-state index in [0.717, 1.165) is 37.8 Å². The summed E-state index contributed by atoms with van der Waals surface area (Å²) in [5, 5.41) is 0. The van der Waals surface area contributed by atoms with E-state index in [0.29, 0.717) is 0 Å². The Kier molecular flexibility index (Phi) is 5.16. The van der Waals surface area contributed by atoms with E-state index in [2.05, 4.69) is 9.88 Å². The summed E-state index contributed by atoms with van der Waals surface area (Å²) in [5.74, 6) is 0.703. The second-order valence-corrected chi connectivity index (χ2v) is 6.98. The van der Waals surface area contributed by atoms with Crippen LogP contribution in [0.2, 0.25) is 0 Å². The molecule has 0 spiro atoms. The molecule has 1 N–H and O–H groups in total. The largest absolute Gasteiger partial charge is 0.336 e. The Labute approximate surface area is 137 Å². The van der Waals surface area contributed by atoms with Crippen LogP contribution >= 0.6 is 0 Å². The summed E-state index contributed by atoms with van der Waals surface area (Å²) in [6.45, 7) is 6.28. The van der Waals surface area contributed by atoms with Crippen LogP contribution in [0.15, 0.2) is 16.9 Å². The van der Waals surface area contributed by atoms with E-state index in [1.807, 2.05) is 11.8 Å². The van der Waals surface area contributed by atoms with Crippen LogP contribution in [0.1, 0.15) is 48.2 Å². The molecule has 1 aromatic heterocycles. The Morgan fingerprint density at radius 3 is 2.48 bits per heavy atom. The summed E-state index contributed by atoms with van der Waals surface area (Å²) in [6, 6.07) is 3.43. The van der Waals surface area contributed by atoms with Gasteiger partial charge in [0.2, 0.25) is 0 Å². The number of aryl methyl sites for hydroxylation is 1. The van der Waals surface area contributed by atoms with E-state index in [4.69, 9.17) is 0 Å². The number of hydrogen-bond acceptors (Lipinski definition) is 3. The van der Waals surface area contributed by atoms with Crippen LogP contribution in [-0.4, -0.2) is 53.4 Å². The molecule has 23 heavy (non-hydrogen) atoms. The van der Waals surface area contributed by atoms with Gasteiger partial charge in [-0.15, -0.1) is 0 Å². The van der Waals surface area contributed by atoms with Crippen molar-refractivity contribution in [2.24, 2.45) is 5.92 Å². The lowest BCUT2D eigenvalue weighted by molar-refractivity contribution is 0.0604. The first-order valence-electron chi connectivity index (χ1n) is 8.85. The van der Waals surface area contributed by atoms with Gasteiger partial charge >= 0.3 is 0 Å². The van der Waals surface area contributed by atoms with Gasteiger partial charge in [-0.3, -0.25) is 14.5 Å². The van der Waals surface area contributed by atoms with Crippen molar-refractivity contribution in [2.75, 3.05) is 32.7 Å². The fraction of sp³-hybridized carbons (Fsp3) is 0.667. The smallest absolute Gasteiger partial charge is 0.260 e. The van der Waals surface area contributed by atoms with Crippen molar-refractivity contribution in [1.82, 2.24) is 14.8 Å². The quantitative estimate of drug-likeness (QED) is 0.928. The molecule has 1 aliphatic heterocycles. The van der Waals surface area contributed by atoms with Crippen LogP contribution in [0.4, 0.5) is 0 Å². The van der Waals surface area contributed by atoms with Crippen LogP contribution < -0.4 is 5.56 Å². The molecule has 1 saturated carbocycles. The van der Waals surface area contributed by atoms with Crippen molar-refractivity contribution in [3.63, 3.8) is 0 Å². The number of rotatable bonds is 3. The van der Waals surface area contributed by atoms with Crippen LogP contribution in [0, 0.1) is 12.8 Å². The van der Waals surface area contributed by atoms with Crippen molar-refractivity contribution >= 4 is 5.91 Å². The van der Waals surface area contributed by atoms with Crippen LogP contribution in [0.3, 0.4) is 0 Å². The van der Waals surface area contributed by atoms with Gasteiger partial charge in [0.05, 0.1) is 0 Å². The lowest BCUT2D eigenvalue weighted by Gasteiger charge is -2.37. The zero-order valence-electron chi connectivity index (χ0n) is 14.0. The standard InChI is InChI=1S/C18H27N3O2/c1-14-7-8-16(17(22)19-14)18(23)21-11-9-20(10-12-21)13-15-5-3-2-4-6-15/h7-8,15H,2-6,9-13H2,1H3,(H,19,22). The summed E-state index contributed by atoms with van der Waals surface area (Å²) in [7, 11) is 0. The Morgan fingerprint density at radius 1 is 1.13 bits per heavy atom. The minimum absolute atomic E-state index is 0.136. The van der Waals surface area contributed by atoms with E-state index < -0.39 is 0 Å². The third-order valence-corrected chi connectivity index (χ3v) is 5.19. The van der Waals surface area contributed by atoms with Gasteiger partial charge in [0, 0.05) is 38.4 Å². The molecule has 0 aromatic carbocycles. The van der Waals surface area contributed by atoms with Crippen LogP contribution in [0.25, 0.3) is 0 Å². The molecule has 2 aliphatic rings. The minimum atomic E-state index is -0.278. The summed E-state index contributed by atoms with van der Waals surface area (Å²) < 4.78 is 0. The molecular weight excluding hydrogens is 290 g/mol. The topological polar surface area (TPSA) is 56.4 Å². The average molecular weight is 317 g/mol. The van der Waals surface area contributed by atoms with Gasteiger partial charge in [0.25, 0.3) is 11.5 Å². The van der Waals surface area contributed by atoms with Crippen LogP contribution in [-0.2, 0) is 0 Å². The number of aromatic nitrogens is 1.